The number of hydrogen-bond donors (Lipinski definition) is 0. The SMILES string of the molecule is CCCCC(=O)OCC(=O)C(F)(F)F. The summed E-state index contributed by atoms with van der Waals surface area (Å²) in [6.07, 6.45) is -3.60. The van der Waals surface area contributed by atoms with E-state index in [1.807, 2.05) is 6.92 Å². The van der Waals surface area contributed by atoms with Gasteiger partial charge < -0.3 is 4.74 Å². The third kappa shape index (κ3) is 5.55. The molecule has 0 aliphatic carbocycles. The molecule has 0 atom stereocenters. The molecular formula is C8H11F3O3. The van der Waals surface area contributed by atoms with Gasteiger partial charge in [0.1, 0.15) is 0 Å². The molecule has 0 amide bonds. The normalized spacial score (nSPS) is 11.1. The van der Waals surface area contributed by atoms with Crippen LogP contribution in [0.3, 0.4) is 0 Å². The molecule has 0 saturated heterocycles. The largest absolute Gasteiger partial charge is 0.457 e. The molecule has 3 nitrogen and oxygen atoms in total. The van der Waals surface area contributed by atoms with Gasteiger partial charge in [-0.15, -0.1) is 0 Å². The molecule has 0 fully saturated rings. The minimum absolute atomic E-state index is 0.0433. The summed E-state index contributed by atoms with van der Waals surface area (Å²) in [5, 5.41) is 0. The summed E-state index contributed by atoms with van der Waals surface area (Å²) in [5.74, 6) is -2.81. The van der Waals surface area contributed by atoms with E-state index in [4.69, 9.17) is 0 Å². The molecule has 0 aromatic heterocycles. The number of unbranched alkanes of at least 4 members (excludes halogenated alkanes) is 1. The Bertz CT molecular complexity index is 210. The van der Waals surface area contributed by atoms with Gasteiger partial charge in [-0.05, 0) is 6.42 Å². The zero-order chi connectivity index (χ0) is 11.2. The minimum Gasteiger partial charge on any atom is -0.457 e. The zero-order valence-electron chi connectivity index (χ0n) is 7.69. The van der Waals surface area contributed by atoms with E-state index < -0.39 is 24.5 Å². The van der Waals surface area contributed by atoms with Gasteiger partial charge in [-0.2, -0.15) is 13.2 Å². The Labute approximate surface area is 79.2 Å². The van der Waals surface area contributed by atoms with Gasteiger partial charge in [0, 0.05) is 6.42 Å². The van der Waals surface area contributed by atoms with Gasteiger partial charge in [0.05, 0.1) is 0 Å². The van der Waals surface area contributed by atoms with Crippen LogP contribution in [0.15, 0.2) is 0 Å². The lowest BCUT2D eigenvalue weighted by Crippen LogP contribution is -2.28. The maximum atomic E-state index is 11.6. The van der Waals surface area contributed by atoms with Crippen molar-refractivity contribution in [2.75, 3.05) is 6.61 Å². The van der Waals surface area contributed by atoms with E-state index >= 15 is 0 Å². The first-order valence-electron chi connectivity index (χ1n) is 4.13. The Morgan fingerprint density at radius 2 is 1.86 bits per heavy atom. The Balaban J connectivity index is 3.73. The van der Waals surface area contributed by atoms with Gasteiger partial charge >= 0.3 is 12.1 Å². The molecule has 82 valence electrons. The lowest BCUT2D eigenvalue weighted by Gasteiger charge is -2.05. The van der Waals surface area contributed by atoms with Crippen LogP contribution in [0, 0.1) is 0 Å². The third-order valence-corrected chi connectivity index (χ3v) is 1.41. The molecule has 0 unspecified atom stereocenters. The molecule has 0 aliphatic heterocycles. The molecule has 14 heavy (non-hydrogen) atoms. The summed E-state index contributed by atoms with van der Waals surface area (Å²) in [6.45, 7) is 0.611. The molecule has 0 heterocycles. The molecule has 0 spiro atoms. The smallest absolute Gasteiger partial charge is 0.453 e. The number of Topliss-reactive ketones (excluding diaryl/α,β-unsaturated/α-hetero) is 1. The summed E-state index contributed by atoms with van der Waals surface area (Å²) in [6, 6.07) is 0. The highest BCUT2D eigenvalue weighted by molar-refractivity contribution is 5.86. The summed E-state index contributed by atoms with van der Waals surface area (Å²) in [4.78, 5) is 20.9. The van der Waals surface area contributed by atoms with Crippen molar-refractivity contribution < 1.29 is 27.5 Å². The molecule has 0 N–H and O–H groups in total. The topological polar surface area (TPSA) is 43.4 Å². The summed E-state index contributed by atoms with van der Waals surface area (Å²) in [5.41, 5.74) is 0. The average Bonchev–Trinajstić information content (AvgIpc) is 2.09. The quantitative estimate of drug-likeness (QED) is 0.653. The average molecular weight is 212 g/mol. The van der Waals surface area contributed by atoms with E-state index in [0.717, 1.165) is 6.42 Å². The lowest BCUT2D eigenvalue weighted by molar-refractivity contribution is -0.178. The third-order valence-electron chi connectivity index (χ3n) is 1.41. The Morgan fingerprint density at radius 3 is 2.29 bits per heavy atom. The van der Waals surface area contributed by atoms with Crippen LogP contribution in [0.1, 0.15) is 26.2 Å². The van der Waals surface area contributed by atoms with Crippen LogP contribution >= 0.6 is 0 Å². The zero-order valence-corrected chi connectivity index (χ0v) is 7.69. The van der Waals surface area contributed by atoms with E-state index in [-0.39, 0.29) is 6.42 Å². The Kier molecular flexibility index (Phi) is 5.19. The molecule has 6 heteroatoms. The van der Waals surface area contributed by atoms with Crippen molar-refractivity contribution >= 4 is 11.8 Å². The number of carbonyl (C=O) groups excluding carboxylic acids is 2. The maximum Gasteiger partial charge on any atom is 0.453 e. The van der Waals surface area contributed by atoms with Crippen molar-refractivity contribution in [2.24, 2.45) is 0 Å². The van der Waals surface area contributed by atoms with Gasteiger partial charge in [0.25, 0.3) is 5.78 Å². The molecule has 0 bridgehead atoms. The summed E-state index contributed by atoms with van der Waals surface area (Å²) < 4.78 is 39.0. The number of hydrogen-bond acceptors (Lipinski definition) is 3. The fourth-order valence-corrected chi connectivity index (χ4v) is 0.621. The number of carbonyl (C=O) groups is 2. The maximum absolute atomic E-state index is 11.6. The fourth-order valence-electron chi connectivity index (χ4n) is 0.621. The van der Waals surface area contributed by atoms with Gasteiger partial charge in [0.15, 0.2) is 6.61 Å². The van der Waals surface area contributed by atoms with Crippen LogP contribution in [0.25, 0.3) is 0 Å². The summed E-state index contributed by atoms with van der Waals surface area (Å²) >= 11 is 0. The molecular weight excluding hydrogens is 201 g/mol. The van der Waals surface area contributed by atoms with Crippen LogP contribution in [0.4, 0.5) is 13.2 Å². The van der Waals surface area contributed by atoms with E-state index in [1.54, 1.807) is 0 Å². The second-order valence-corrected chi connectivity index (χ2v) is 2.69. The fraction of sp³-hybridized carbons (Fsp3) is 0.750. The molecule has 0 aromatic rings. The predicted molar refractivity (Wildman–Crippen MR) is 41.5 cm³/mol. The van der Waals surface area contributed by atoms with Crippen molar-refractivity contribution in [3.8, 4) is 0 Å². The minimum atomic E-state index is -4.93. The van der Waals surface area contributed by atoms with E-state index in [9.17, 15) is 22.8 Å². The molecule has 0 rings (SSSR count). The van der Waals surface area contributed by atoms with Gasteiger partial charge in [0.2, 0.25) is 0 Å². The number of rotatable bonds is 5. The van der Waals surface area contributed by atoms with E-state index in [1.165, 1.54) is 0 Å². The lowest BCUT2D eigenvalue weighted by atomic mass is 10.2. The predicted octanol–water partition coefficient (Wildman–Crippen LogP) is 1.85. The summed E-state index contributed by atoms with van der Waals surface area (Å²) in [7, 11) is 0. The van der Waals surface area contributed by atoms with Crippen LogP contribution in [-0.2, 0) is 14.3 Å². The van der Waals surface area contributed by atoms with E-state index in [0.29, 0.717) is 6.42 Å². The molecule has 0 saturated carbocycles. The van der Waals surface area contributed by atoms with Crippen molar-refractivity contribution in [1.82, 2.24) is 0 Å². The van der Waals surface area contributed by atoms with Gasteiger partial charge in [-0.25, -0.2) is 0 Å². The monoisotopic (exact) mass is 212 g/mol. The van der Waals surface area contributed by atoms with Crippen LogP contribution < -0.4 is 0 Å². The van der Waals surface area contributed by atoms with Crippen molar-refractivity contribution in [3.05, 3.63) is 0 Å². The van der Waals surface area contributed by atoms with E-state index in [2.05, 4.69) is 4.74 Å². The first kappa shape index (κ1) is 12.9. The molecule has 0 radical (unpaired) electrons. The van der Waals surface area contributed by atoms with Crippen LogP contribution in [0.5, 0.6) is 0 Å². The van der Waals surface area contributed by atoms with Crippen LogP contribution in [0.2, 0.25) is 0 Å². The standard InChI is InChI=1S/C8H11F3O3/c1-2-3-4-7(13)14-5-6(12)8(9,10)11/h2-5H2,1H3. The molecule has 0 aromatic carbocycles. The first-order chi connectivity index (χ1) is 6.38. The number of ketones is 1. The number of esters is 1. The van der Waals surface area contributed by atoms with Gasteiger partial charge in [-0.3, -0.25) is 9.59 Å². The molecule has 0 aliphatic rings. The van der Waals surface area contributed by atoms with Crippen molar-refractivity contribution in [1.29, 1.82) is 0 Å². The highest BCUT2D eigenvalue weighted by Gasteiger charge is 2.38. The Hall–Kier alpha value is -1.07. The highest BCUT2D eigenvalue weighted by Crippen LogP contribution is 2.15. The van der Waals surface area contributed by atoms with Crippen molar-refractivity contribution in [3.63, 3.8) is 0 Å². The number of alkyl halides is 3. The Morgan fingerprint density at radius 1 is 1.29 bits per heavy atom. The number of ether oxygens (including phenoxy) is 1. The second-order valence-electron chi connectivity index (χ2n) is 2.69. The number of halogens is 3. The highest BCUT2D eigenvalue weighted by atomic mass is 19.4. The first-order valence-corrected chi connectivity index (χ1v) is 4.13. The van der Waals surface area contributed by atoms with Gasteiger partial charge in [-0.1, -0.05) is 13.3 Å². The van der Waals surface area contributed by atoms with Crippen molar-refractivity contribution in [2.45, 2.75) is 32.4 Å². The second kappa shape index (κ2) is 5.62. The van der Waals surface area contributed by atoms with Crippen LogP contribution in [-0.4, -0.2) is 24.5 Å².